The molecule has 19 heavy (non-hydrogen) atoms. The molecule has 0 spiro atoms. The van der Waals surface area contributed by atoms with E-state index in [0.717, 1.165) is 12.1 Å². The van der Waals surface area contributed by atoms with Crippen LogP contribution in [0.4, 0.5) is 13.2 Å². The van der Waals surface area contributed by atoms with Crippen molar-refractivity contribution in [3.8, 4) is 11.1 Å². The summed E-state index contributed by atoms with van der Waals surface area (Å²) in [6.07, 6.45) is -4.70. The van der Waals surface area contributed by atoms with Crippen LogP contribution in [-0.2, 0) is 6.18 Å². The van der Waals surface area contributed by atoms with Crippen LogP contribution in [0.3, 0.4) is 0 Å². The number of rotatable bonds is 2. The summed E-state index contributed by atoms with van der Waals surface area (Å²) >= 11 is 0. The van der Waals surface area contributed by atoms with Crippen LogP contribution >= 0.6 is 0 Å². The van der Waals surface area contributed by atoms with E-state index in [9.17, 15) is 18.0 Å². The quantitative estimate of drug-likeness (QED) is 0.889. The molecule has 0 saturated carbocycles. The molecule has 0 radical (unpaired) electrons. The summed E-state index contributed by atoms with van der Waals surface area (Å²) < 4.78 is 38.5. The predicted octanol–water partition coefficient (Wildman–Crippen LogP) is 4.07. The molecule has 0 heterocycles. The van der Waals surface area contributed by atoms with Crippen LogP contribution in [0, 0.1) is 0 Å². The molecule has 0 aliphatic rings. The average molecular weight is 266 g/mol. The van der Waals surface area contributed by atoms with E-state index in [4.69, 9.17) is 5.11 Å². The van der Waals surface area contributed by atoms with Gasteiger partial charge in [0.1, 0.15) is 0 Å². The monoisotopic (exact) mass is 266 g/mol. The third kappa shape index (κ3) is 2.76. The topological polar surface area (TPSA) is 37.3 Å². The first-order valence-corrected chi connectivity index (χ1v) is 5.39. The van der Waals surface area contributed by atoms with Crippen LogP contribution in [0.5, 0.6) is 0 Å². The summed E-state index contributed by atoms with van der Waals surface area (Å²) in [7, 11) is 0. The summed E-state index contributed by atoms with van der Waals surface area (Å²) in [6, 6.07) is 11.7. The van der Waals surface area contributed by atoms with Crippen molar-refractivity contribution in [3.05, 3.63) is 59.7 Å². The number of halogens is 3. The molecule has 0 aromatic heterocycles. The molecule has 2 nitrogen and oxygen atoms in total. The molecule has 0 bridgehead atoms. The maximum Gasteiger partial charge on any atom is 0.417 e. The largest absolute Gasteiger partial charge is 0.478 e. The molecule has 0 aliphatic heterocycles. The summed E-state index contributed by atoms with van der Waals surface area (Å²) in [5.74, 6) is -1.59. The summed E-state index contributed by atoms with van der Waals surface area (Å²) in [6.45, 7) is 0. The van der Waals surface area contributed by atoms with Crippen LogP contribution in [0.2, 0.25) is 0 Å². The molecular weight excluding hydrogens is 257 g/mol. The van der Waals surface area contributed by atoms with Crippen LogP contribution in [0.1, 0.15) is 15.9 Å². The Bertz CT molecular complexity index is 604. The lowest BCUT2D eigenvalue weighted by Crippen LogP contribution is -2.12. The summed E-state index contributed by atoms with van der Waals surface area (Å²) in [5, 5.41) is 8.79. The van der Waals surface area contributed by atoms with Gasteiger partial charge < -0.3 is 5.11 Å². The first-order chi connectivity index (χ1) is 8.89. The smallest absolute Gasteiger partial charge is 0.417 e. The van der Waals surface area contributed by atoms with Crippen molar-refractivity contribution < 1.29 is 23.1 Å². The van der Waals surface area contributed by atoms with Gasteiger partial charge in [-0.05, 0) is 23.3 Å². The number of carboxylic acid groups (broad SMARTS) is 1. The third-order valence-corrected chi connectivity index (χ3v) is 2.66. The van der Waals surface area contributed by atoms with Crippen molar-refractivity contribution in [2.75, 3.05) is 0 Å². The van der Waals surface area contributed by atoms with Crippen molar-refractivity contribution in [3.63, 3.8) is 0 Å². The van der Waals surface area contributed by atoms with Gasteiger partial charge in [0, 0.05) is 0 Å². The molecule has 2 rings (SSSR count). The van der Waals surface area contributed by atoms with E-state index in [1.54, 1.807) is 30.3 Å². The van der Waals surface area contributed by atoms with E-state index < -0.39 is 23.3 Å². The number of benzene rings is 2. The molecule has 2 aromatic rings. The van der Waals surface area contributed by atoms with Gasteiger partial charge in [-0.25, -0.2) is 4.79 Å². The third-order valence-electron chi connectivity index (χ3n) is 2.66. The second kappa shape index (κ2) is 4.76. The molecule has 0 saturated heterocycles. The van der Waals surface area contributed by atoms with E-state index in [1.165, 1.54) is 6.07 Å². The van der Waals surface area contributed by atoms with E-state index in [2.05, 4.69) is 0 Å². The number of carboxylic acids is 1. The van der Waals surface area contributed by atoms with E-state index in [1.807, 2.05) is 0 Å². The van der Waals surface area contributed by atoms with Gasteiger partial charge in [-0.2, -0.15) is 13.2 Å². The van der Waals surface area contributed by atoms with Crippen LogP contribution < -0.4 is 0 Å². The van der Waals surface area contributed by atoms with Crippen molar-refractivity contribution >= 4 is 5.97 Å². The Balaban J connectivity index is 2.60. The zero-order chi connectivity index (χ0) is 14.0. The number of carbonyl (C=O) groups is 1. The number of alkyl halides is 3. The Hall–Kier alpha value is -2.30. The Morgan fingerprint density at radius 1 is 0.947 bits per heavy atom. The molecule has 0 unspecified atom stereocenters. The molecule has 0 fully saturated rings. The van der Waals surface area contributed by atoms with Crippen molar-refractivity contribution in [2.24, 2.45) is 0 Å². The van der Waals surface area contributed by atoms with Gasteiger partial charge in [0.05, 0.1) is 11.1 Å². The first kappa shape index (κ1) is 13.1. The lowest BCUT2D eigenvalue weighted by atomic mass is 9.99. The molecule has 1 N–H and O–H groups in total. The zero-order valence-electron chi connectivity index (χ0n) is 9.61. The Morgan fingerprint density at radius 2 is 1.58 bits per heavy atom. The highest BCUT2D eigenvalue weighted by atomic mass is 19.4. The van der Waals surface area contributed by atoms with Gasteiger partial charge in [-0.3, -0.25) is 0 Å². The minimum atomic E-state index is -4.70. The van der Waals surface area contributed by atoms with Gasteiger partial charge in [-0.15, -0.1) is 0 Å². The average Bonchev–Trinajstić information content (AvgIpc) is 2.38. The van der Waals surface area contributed by atoms with Gasteiger partial charge in [0.25, 0.3) is 0 Å². The summed E-state index contributed by atoms with van der Waals surface area (Å²) in [5.41, 5.74) is -0.948. The van der Waals surface area contributed by atoms with Gasteiger partial charge >= 0.3 is 12.1 Å². The highest BCUT2D eigenvalue weighted by Crippen LogP contribution is 2.35. The number of aromatic carboxylic acids is 1. The van der Waals surface area contributed by atoms with Crippen LogP contribution in [0.15, 0.2) is 48.5 Å². The van der Waals surface area contributed by atoms with Gasteiger partial charge in [0.2, 0.25) is 0 Å². The van der Waals surface area contributed by atoms with E-state index in [0.29, 0.717) is 11.1 Å². The van der Waals surface area contributed by atoms with Crippen molar-refractivity contribution in [1.29, 1.82) is 0 Å². The molecule has 0 amide bonds. The standard InChI is InChI=1S/C14H9F3O2/c15-14(16,17)12-8-10(6-7-11(12)13(18)19)9-4-2-1-3-5-9/h1-8H,(H,18,19). The zero-order valence-corrected chi connectivity index (χ0v) is 9.61. The van der Waals surface area contributed by atoms with Gasteiger partial charge in [-0.1, -0.05) is 36.4 Å². The minimum Gasteiger partial charge on any atom is -0.478 e. The normalized spacial score (nSPS) is 11.3. The first-order valence-electron chi connectivity index (χ1n) is 5.39. The predicted molar refractivity (Wildman–Crippen MR) is 63.8 cm³/mol. The lowest BCUT2D eigenvalue weighted by molar-refractivity contribution is -0.138. The fourth-order valence-electron chi connectivity index (χ4n) is 1.78. The van der Waals surface area contributed by atoms with Crippen LogP contribution in [-0.4, -0.2) is 11.1 Å². The molecule has 5 heteroatoms. The van der Waals surface area contributed by atoms with Crippen molar-refractivity contribution in [2.45, 2.75) is 6.18 Å². The second-order valence-electron chi connectivity index (χ2n) is 3.93. The SMILES string of the molecule is O=C(O)c1ccc(-c2ccccc2)cc1C(F)(F)F. The lowest BCUT2D eigenvalue weighted by Gasteiger charge is -2.12. The summed E-state index contributed by atoms with van der Waals surface area (Å²) in [4.78, 5) is 10.8. The molecular formula is C14H9F3O2. The fourth-order valence-corrected chi connectivity index (χ4v) is 1.78. The Kier molecular flexibility index (Phi) is 3.29. The van der Waals surface area contributed by atoms with E-state index >= 15 is 0 Å². The van der Waals surface area contributed by atoms with E-state index in [-0.39, 0.29) is 0 Å². The van der Waals surface area contributed by atoms with Crippen LogP contribution in [0.25, 0.3) is 11.1 Å². The molecule has 98 valence electrons. The highest BCUT2D eigenvalue weighted by Gasteiger charge is 2.35. The Morgan fingerprint density at radius 3 is 2.11 bits per heavy atom. The fraction of sp³-hybridized carbons (Fsp3) is 0.0714. The maximum absolute atomic E-state index is 12.8. The second-order valence-corrected chi connectivity index (χ2v) is 3.93. The minimum absolute atomic E-state index is 0.331. The number of hydrogen-bond donors (Lipinski definition) is 1. The Labute approximate surface area is 107 Å². The molecule has 0 atom stereocenters. The van der Waals surface area contributed by atoms with Gasteiger partial charge in [0.15, 0.2) is 0 Å². The highest BCUT2D eigenvalue weighted by molar-refractivity contribution is 5.90. The van der Waals surface area contributed by atoms with Crippen molar-refractivity contribution in [1.82, 2.24) is 0 Å². The molecule has 2 aromatic carbocycles. The maximum atomic E-state index is 12.8. The number of hydrogen-bond acceptors (Lipinski definition) is 1. The molecule has 0 aliphatic carbocycles.